The molecule has 0 radical (unpaired) electrons. The van der Waals surface area contributed by atoms with Crippen LogP contribution in [0.5, 0.6) is 0 Å². The van der Waals surface area contributed by atoms with E-state index in [0.29, 0.717) is 31.2 Å². The Morgan fingerprint density at radius 1 is 0.818 bits per heavy atom. The van der Waals surface area contributed by atoms with Crippen LogP contribution in [-0.2, 0) is 0 Å². The molecule has 2 aliphatic rings. The third-order valence-corrected chi connectivity index (χ3v) is 5.52. The van der Waals surface area contributed by atoms with E-state index in [2.05, 4.69) is 16.7 Å². The van der Waals surface area contributed by atoms with Crippen LogP contribution in [-0.4, -0.2) is 71.5 Å². The van der Waals surface area contributed by atoms with Crippen LogP contribution >= 0.6 is 0 Å². The number of hydrogen-bond donors (Lipinski definition) is 2. The van der Waals surface area contributed by atoms with Gasteiger partial charge in [0.15, 0.2) is 0 Å². The van der Waals surface area contributed by atoms with Crippen LogP contribution in [0.2, 0.25) is 0 Å². The van der Waals surface area contributed by atoms with E-state index >= 15 is 0 Å². The smallest absolute Gasteiger partial charge is 0.0445 e. The van der Waals surface area contributed by atoms with Gasteiger partial charge in [0, 0.05) is 38.4 Å². The monoisotopic (exact) mass is 312 g/mol. The Labute approximate surface area is 136 Å². The number of hydrogen-bond acceptors (Lipinski definition) is 4. The Hall–Kier alpha value is -0.160. The summed E-state index contributed by atoms with van der Waals surface area (Å²) in [7, 11) is 0. The van der Waals surface area contributed by atoms with E-state index in [9.17, 15) is 10.2 Å². The maximum Gasteiger partial charge on any atom is 0.0445 e. The molecule has 2 fully saturated rings. The first-order chi connectivity index (χ1) is 10.7. The molecule has 2 atom stereocenters. The van der Waals surface area contributed by atoms with Crippen LogP contribution in [0.3, 0.4) is 0 Å². The number of aliphatic hydroxyl groups is 2. The van der Waals surface area contributed by atoms with Crippen LogP contribution < -0.4 is 0 Å². The van der Waals surface area contributed by atoms with E-state index in [-0.39, 0.29) is 0 Å². The van der Waals surface area contributed by atoms with Gasteiger partial charge in [-0.05, 0) is 57.5 Å². The zero-order chi connectivity index (χ0) is 15.8. The van der Waals surface area contributed by atoms with Gasteiger partial charge in [0.2, 0.25) is 0 Å². The first-order valence-corrected chi connectivity index (χ1v) is 9.44. The molecule has 0 bridgehead atoms. The van der Waals surface area contributed by atoms with Crippen LogP contribution in [0.4, 0.5) is 0 Å². The molecule has 0 spiro atoms. The molecule has 0 aromatic rings. The highest BCUT2D eigenvalue weighted by atomic mass is 16.3. The third-order valence-electron chi connectivity index (χ3n) is 5.52. The first-order valence-electron chi connectivity index (χ1n) is 9.44. The fourth-order valence-electron chi connectivity index (χ4n) is 4.41. The first kappa shape index (κ1) is 18.2. The fraction of sp³-hybridized carbons (Fsp3) is 1.00. The van der Waals surface area contributed by atoms with E-state index < -0.39 is 0 Å². The summed E-state index contributed by atoms with van der Waals surface area (Å²) in [6.07, 6.45) is 9.64. The summed E-state index contributed by atoms with van der Waals surface area (Å²) >= 11 is 0. The Balaban J connectivity index is 1.81. The Bertz CT molecular complexity index is 269. The molecule has 2 rings (SSSR count). The summed E-state index contributed by atoms with van der Waals surface area (Å²) in [4.78, 5) is 5.24. The molecule has 2 unspecified atom stereocenters. The van der Waals surface area contributed by atoms with Gasteiger partial charge in [0.1, 0.15) is 0 Å². The molecule has 4 nitrogen and oxygen atoms in total. The van der Waals surface area contributed by atoms with Crippen molar-refractivity contribution in [1.29, 1.82) is 0 Å². The molecule has 130 valence electrons. The highest BCUT2D eigenvalue weighted by Crippen LogP contribution is 2.23. The molecule has 0 aliphatic carbocycles. The highest BCUT2D eigenvalue weighted by molar-refractivity contribution is 4.82. The van der Waals surface area contributed by atoms with Crippen molar-refractivity contribution in [2.45, 2.75) is 70.4 Å². The maximum absolute atomic E-state index is 9.27. The molecular formula is C18H36N2O2. The molecule has 0 saturated carbocycles. The van der Waals surface area contributed by atoms with Crippen LogP contribution in [0, 0.1) is 5.92 Å². The van der Waals surface area contributed by atoms with E-state index in [0.717, 1.165) is 25.9 Å². The van der Waals surface area contributed by atoms with Crippen molar-refractivity contribution in [1.82, 2.24) is 9.80 Å². The molecule has 0 aromatic heterocycles. The van der Waals surface area contributed by atoms with Gasteiger partial charge in [-0.3, -0.25) is 9.80 Å². The minimum Gasteiger partial charge on any atom is -0.396 e. The highest BCUT2D eigenvalue weighted by Gasteiger charge is 2.26. The van der Waals surface area contributed by atoms with Crippen molar-refractivity contribution < 1.29 is 10.2 Å². The fourth-order valence-corrected chi connectivity index (χ4v) is 4.41. The molecule has 22 heavy (non-hydrogen) atoms. The quantitative estimate of drug-likeness (QED) is 0.720. The number of nitrogens with zero attached hydrogens (tertiary/aromatic N) is 2. The van der Waals surface area contributed by atoms with Crippen LogP contribution in [0.25, 0.3) is 0 Å². The van der Waals surface area contributed by atoms with Gasteiger partial charge in [-0.15, -0.1) is 0 Å². The van der Waals surface area contributed by atoms with E-state index in [1.165, 1.54) is 51.6 Å². The maximum atomic E-state index is 9.27. The minimum atomic E-state index is 0.320. The Morgan fingerprint density at radius 2 is 1.27 bits per heavy atom. The van der Waals surface area contributed by atoms with Crippen molar-refractivity contribution in [3.05, 3.63) is 0 Å². The number of aliphatic hydroxyl groups excluding tert-OH is 2. The van der Waals surface area contributed by atoms with Crippen molar-refractivity contribution in [2.24, 2.45) is 5.92 Å². The summed E-state index contributed by atoms with van der Waals surface area (Å²) in [6.45, 7) is 7.74. The second-order valence-electron chi connectivity index (χ2n) is 7.42. The summed E-state index contributed by atoms with van der Waals surface area (Å²) in [6, 6.07) is 1.19. The van der Waals surface area contributed by atoms with E-state index in [1.54, 1.807) is 0 Å². The molecular weight excluding hydrogens is 276 g/mol. The van der Waals surface area contributed by atoms with Gasteiger partial charge in [0.05, 0.1) is 0 Å². The molecule has 2 saturated heterocycles. The van der Waals surface area contributed by atoms with Crippen LogP contribution in [0.15, 0.2) is 0 Å². The predicted octanol–water partition coefficient (Wildman–Crippen LogP) is 2.10. The van der Waals surface area contributed by atoms with E-state index in [1.807, 2.05) is 0 Å². The standard InChI is InChI=1S/C18H36N2O2/c1-16(14-19-10-4-2-6-17(19)8-12-21)15-20-11-5-3-7-18(20)9-13-22/h16-18,21-22H,2-15H2,1H3. The lowest BCUT2D eigenvalue weighted by atomic mass is 9.96. The molecule has 0 amide bonds. The largest absolute Gasteiger partial charge is 0.396 e. The molecule has 4 heteroatoms. The summed E-state index contributed by atoms with van der Waals surface area (Å²) < 4.78 is 0. The van der Waals surface area contributed by atoms with Crippen molar-refractivity contribution in [2.75, 3.05) is 39.4 Å². The third kappa shape index (κ3) is 5.48. The molecule has 2 N–H and O–H groups in total. The average molecular weight is 312 g/mol. The normalized spacial score (nSPS) is 29.6. The summed E-state index contributed by atoms with van der Waals surface area (Å²) in [5.41, 5.74) is 0. The minimum absolute atomic E-state index is 0.320. The van der Waals surface area contributed by atoms with Gasteiger partial charge < -0.3 is 10.2 Å². The summed E-state index contributed by atoms with van der Waals surface area (Å²) in [5, 5.41) is 18.5. The molecule has 2 aliphatic heterocycles. The Kier molecular flexibility index (Phi) is 8.15. The van der Waals surface area contributed by atoms with Crippen molar-refractivity contribution in [3.63, 3.8) is 0 Å². The second kappa shape index (κ2) is 9.86. The summed E-state index contributed by atoms with van der Waals surface area (Å²) in [5.74, 6) is 0.665. The van der Waals surface area contributed by atoms with Crippen LogP contribution in [0.1, 0.15) is 58.3 Å². The number of likely N-dealkylation sites (tertiary alicyclic amines) is 2. The Morgan fingerprint density at radius 3 is 1.68 bits per heavy atom. The predicted molar refractivity (Wildman–Crippen MR) is 91.0 cm³/mol. The lowest BCUT2D eigenvalue weighted by Crippen LogP contribution is -2.47. The van der Waals surface area contributed by atoms with E-state index in [4.69, 9.17) is 0 Å². The van der Waals surface area contributed by atoms with Gasteiger partial charge in [0.25, 0.3) is 0 Å². The zero-order valence-corrected chi connectivity index (χ0v) is 14.4. The van der Waals surface area contributed by atoms with Crippen molar-refractivity contribution >= 4 is 0 Å². The lowest BCUT2D eigenvalue weighted by Gasteiger charge is -2.40. The topological polar surface area (TPSA) is 46.9 Å². The lowest BCUT2D eigenvalue weighted by molar-refractivity contribution is 0.0698. The second-order valence-corrected chi connectivity index (χ2v) is 7.42. The number of piperidine rings is 2. The van der Waals surface area contributed by atoms with Gasteiger partial charge in [-0.1, -0.05) is 19.8 Å². The molecule has 2 heterocycles. The SMILES string of the molecule is CC(CN1CCCCC1CCO)CN1CCCCC1CCO. The van der Waals surface area contributed by atoms with Gasteiger partial charge >= 0.3 is 0 Å². The zero-order valence-electron chi connectivity index (χ0n) is 14.4. The number of rotatable bonds is 8. The van der Waals surface area contributed by atoms with Crippen molar-refractivity contribution in [3.8, 4) is 0 Å². The average Bonchev–Trinajstić information content (AvgIpc) is 2.52. The van der Waals surface area contributed by atoms with Gasteiger partial charge in [-0.25, -0.2) is 0 Å². The molecule has 0 aromatic carbocycles. The van der Waals surface area contributed by atoms with Gasteiger partial charge in [-0.2, -0.15) is 0 Å².